The molecule has 0 spiro atoms. The molecule has 1 heterocycles. The highest BCUT2D eigenvalue weighted by Crippen LogP contribution is 2.18. The molecule has 0 aliphatic carbocycles. The lowest BCUT2D eigenvalue weighted by Gasteiger charge is -1.98. The minimum Gasteiger partial charge on any atom is -0.317 e. The zero-order chi connectivity index (χ0) is 8.97. The van der Waals surface area contributed by atoms with E-state index in [9.17, 15) is 0 Å². The molecule has 2 nitrogen and oxygen atoms in total. The molecule has 0 unspecified atom stereocenters. The maximum absolute atomic E-state index is 6.60. The summed E-state index contributed by atoms with van der Waals surface area (Å²) in [6, 6.07) is 1.59. The summed E-state index contributed by atoms with van der Waals surface area (Å²) in [5.41, 5.74) is 0.872. The summed E-state index contributed by atoms with van der Waals surface area (Å²) in [6.45, 7) is 7.03. The van der Waals surface area contributed by atoms with Crippen molar-refractivity contribution in [3.63, 3.8) is 0 Å². The first kappa shape index (κ1) is 9.31. The minimum absolute atomic E-state index is 0.381. The Hall–Kier alpha value is -0.780. The summed E-state index contributed by atoms with van der Waals surface area (Å²) in [6.07, 6.45) is 2.24. The van der Waals surface area contributed by atoms with E-state index < -0.39 is 0 Å². The van der Waals surface area contributed by atoms with Crippen LogP contribution in [0.1, 0.15) is 5.56 Å². The largest absolute Gasteiger partial charge is 0.317 e. The summed E-state index contributed by atoms with van der Waals surface area (Å²) in [4.78, 5) is 7.10. The van der Waals surface area contributed by atoms with Crippen LogP contribution < -0.4 is 0 Å². The zero-order valence-corrected chi connectivity index (χ0v) is 7.73. The highest BCUT2D eigenvalue weighted by molar-refractivity contribution is 6.34. The fraction of sp³-hybridized carbons (Fsp3) is 0.250. The lowest BCUT2D eigenvalue weighted by atomic mass is 10.2. The van der Waals surface area contributed by atoms with E-state index in [0.29, 0.717) is 23.1 Å². The molecule has 0 aliphatic heterocycles. The Bertz CT molecular complexity index is 317. The van der Waals surface area contributed by atoms with Gasteiger partial charge >= 0.3 is 0 Å². The quantitative estimate of drug-likeness (QED) is 0.531. The molecule has 0 fully saturated rings. The highest BCUT2D eigenvalue weighted by Gasteiger charge is 2.02. The number of pyridine rings is 1. The van der Waals surface area contributed by atoms with E-state index in [2.05, 4.69) is 9.83 Å². The van der Waals surface area contributed by atoms with Crippen LogP contribution in [0.2, 0.25) is 10.2 Å². The summed E-state index contributed by atoms with van der Waals surface area (Å²) < 4.78 is 0. The van der Waals surface area contributed by atoms with Crippen LogP contribution in [0.25, 0.3) is 4.85 Å². The van der Waals surface area contributed by atoms with E-state index in [4.69, 9.17) is 29.8 Å². The van der Waals surface area contributed by atoms with Crippen LogP contribution in [0.15, 0.2) is 12.3 Å². The second kappa shape index (κ2) is 4.30. The molecule has 0 saturated carbocycles. The second-order valence-electron chi connectivity index (χ2n) is 2.23. The number of hydrogen-bond donors (Lipinski definition) is 0. The molecule has 0 saturated heterocycles. The smallest absolute Gasteiger partial charge is 0.218 e. The van der Waals surface area contributed by atoms with Crippen LogP contribution in [0, 0.1) is 6.57 Å². The van der Waals surface area contributed by atoms with Crippen LogP contribution in [0.3, 0.4) is 0 Å². The predicted molar refractivity (Wildman–Crippen MR) is 49.4 cm³/mol. The maximum atomic E-state index is 6.60. The van der Waals surface area contributed by atoms with Gasteiger partial charge in [-0.3, -0.25) is 0 Å². The Kier molecular flexibility index (Phi) is 3.33. The van der Waals surface area contributed by atoms with Gasteiger partial charge in [0.2, 0.25) is 6.54 Å². The summed E-state index contributed by atoms with van der Waals surface area (Å²) >= 11 is 11.4. The summed E-state index contributed by atoms with van der Waals surface area (Å²) in [5.74, 6) is 0. The molecule has 12 heavy (non-hydrogen) atoms. The Morgan fingerprint density at radius 2 is 2.25 bits per heavy atom. The van der Waals surface area contributed by atoms with Crippen molar-refractivity contribution in [1.29, 1.82) is 0 Å². The minimum atomic E-state index is 0.381. The lowest BCUT2D eigenvalue weighted by Crippen LogP contribution is -1.90. The van der Waals surface area contributed by atoms with Crippen molar-refractivity contribution < 1.29 is 0 Å². The van der Waals surface area contributed by atoms with Crippen LogP contribution >= 0.6 is 23.2 Å². The zero-order valence-electron chi connectivity index (χ0n) is 6.22. The number of nitrogens with zero attached hydrogens (tertiary/aromatic N) is 2. The number of hydrogen-bond acceptors (Lipinski definition) is 1. The Morgan fingerprint density at radius 1 is 1.50 bits per heavy atom. The van der Waals surface area contributed by atoms with Crippen molar-refractivity contribution >= 4 is 23.2 Å². The Balaban J connectivity index is 2.81. The molecular weight excluding hydrogens is 195 g/mol. The molecular formula is C8H6Cl2N2. The molecule has 1 rings (SSSR count). The van der Waals surface area contributed by atoms with E-state index in [0.717, 1.165) is 5.56 Å². The maximum Gasteiger partial charge on any atom is 0.218 e. The van der Waals surface area contributed by atoms with Crippen molar-refractivity contribution in [2.24, 2.45) is 0 Å². The average molecular weight is 201 g/mol. The molecule has 0 aliphatic rings. The van der Waals surface area contributed by atoms with Crippen molar-refractivity contribution in [1.82, 2.24) is 4.98 Å². The number of rotatable bonds is 2. The first-order valence-electron chi connectivity index (χ1n) is 3.37. The van der Waals surface area contributed by atoms with Crippen LogP contribution in [-0.4, -0.2) is 11.5 Å². The molecule has 0 N–H and O–H groups in total. The fourth-order valence-electron chi connectivity index (χ4n) is 0.796. The van der Waals surface area contributed by atoms with Gasteiger partial charge in [-0.15, -0.1) is 0 Å². The third kappa shape index (κ3) is 2.37. The van der Waals surface area contributed by atoms with Crippen molar-refractivity contribution in [3.8, 4) is 0 Å². The van der Waals surface area contributed by atoms with Gasteiger partial charge in [0.25, 0.3) is 0 Å². The van der Waals surface area contributed by atoms with Gasteiger partial charge in [-0.25, -0.2) is 11.6 Å². The highest BCUT2D eigenvalue weighted by atomic mass is 35.5. The Labute approximate surface area is 81.0 Å². The molecule has 4 heteroatoms. The lowest BCUT2D eigenvalue weighted by molar-refractivity contribution is 1.06. The van der Waals surface area contributed by atoms with Gasteiger partial charge in [0.1, 0.15) is 5.15 Å². The van der Waals surface area contributed by atoms with Crippen molar-refractivity contribution in [2.45, 2.75) is 6.42 Å². The third-order valence-corrected chi connectivity index (χ3v) is 1.95. The third-order valence-electron chi connectivity index (χ3n) is 1.39. The van der Waals surface area contributed by atoms with Gasteiger partial charge in [-0.05, 0) is 11.6 Å². The first-order chi connectivity index (χ1) is 5.74. The van der Waals surface area contributed by atoms with Crippen molar-refractivity contribution in [3.05, 3.63) is 39.4 Å². The average Bonchev–Trinajstić information content (AvgIpc) is 2.03. The molecule has 0 atom stereocenters. The monoisotopic (exact) mass is 200 g/mol. The molecule has 0 radical (unpaired) electrons. The van der Waals surface area contributed by atoms with Gasteiger partial charge in [0.15, 0.2) is 0 Å². The van der Waals surface area contributed by atoms with Crippen LogP contribution in [0.4, 0.5) is 0 Å². The van der Waals surface area contributed by atoms with Crippen molar-refractivity contribution in [2.75, 3.05) is 6.54 Å². The first-order valence-corrected chi connectivity index (χ1v) is 4.13. The van der Waals surface area contributed by atoms with Gasteiger partial charge in [0.05, 0.1) is 0 Å². The molecule has 0 amide bonds. The standard InChI is InChI=1S/C8H6Cl2N2/c1-11-3-2-6-5-12-8(10)4-7(6)9/h4-5H,2-3H2. The van der Waals surface area contributed by atoms with E-state index in [1.807, 2.05) is 0 Å². The van der Waals surface area contributed by atoms with Gasteiger partial charge in [-0.1, -0.05) is 23.2 Å². The van der Waals surface area contributed by atoms with Gasteiger partial charge in [-0.2, -0.15) is 0 Å². The molecule has 0 bridgehead atoms. The molecule has 62 valence electrons. The molecule has 0 aromatic carbocycles. The van der Waals surface area contributed by atoms with E-state index in [-0.39, 0.29) is 0 Å². The molecule has 1 aromatic heterocycles. The number of halogens is 2. The van der Waals surface area contributed by atoms with Gasteiger partial charge in [0, 0.05) is 17.6 Å². The summed E-state index contributed by atoms with van der Waals surface area (Å²) in [7, 11) is 0. The predicted octanol–water partition coefficient (Wildman–Crippen LogP) is 2.85. The number of aromatic nitrogens is 1. The normalized spacial score (nSPS) is 9.42. The van der Waals surface area contributed by atoms with E-state index in [1.54, 1.807) is 12.3 Å². The second-order valence-corrected chi connectivity index (χ2v) is 3.02. The Morgan fingerprint density at radius 3 is 2.83 bits per heavy atom. The van der Waals surface area contributed by atoms with E-state index in [1.165, 1.54) is 0 Å². The van der Waals surface area contributed by atoms with E-state index >= 15 is 0 Å². The van der Waals surface area contributed by atoms with Gasteiger partial charge < -0.3 is 4.85 Å². The van der Waals surface area contributed by atoms with Crippen LogP contribution in [-0.2, 0) is 6.42 Å². The fourth-order valence-corrected chi connectivity index (χ4v) is 1.26. The van der Waals surface area contributed by atoms with Crippen LogP contribution in [0.5, 0.6) is 0 Å². The topological polar surface area (TPSA) is 17.2 Å². The summed E-state index contributed by atoms with van der Waals surface area (Å²) in [5, 5.41) is 0.963. The SMILES string of the molecule is [C-]#[N+]CCc1cnc(Cl)cc1Cl. The molecule has 1 aromatic rings.